The number of amides is 1. The van der Waals surface area contributed by atoms with Crippen LogP contribution in [-0.4, -0.2) is 62.3 Å². The van der Waals surface area contributed by atoms with Gasteiger partial charge in [-0.15, -0.1) is 0 Å². The first-order valence-corrected chi connectivity index (χ1v) is 13.2. The van der Waals surface area contributed by atoms with Gasteiger partial charge in [-0.05, 0) is 36.2 Å². The minimum absolute atomic E-state index is 0.103. The van der Waals surface area contributed by atoms with Crippen LogP contribution in [0.5, 0.6) is 0 Å². The van der Waals surface area contributed by atoms with Crippen molar-refractivity contribution in [1.29, 1.82) is 0 Å². The van der Waals surface area contributed by atoms with E-state index in [1.807, 2.05) is 29.2 Å². The monoisotopic (exact) mass is 529 g/mol. The number of piperazine rings is 1. The number of thioether (sulfide) groups is 1. The van der Waals surface area contributed by atoms with E-state index in [2.05, 4.69) is 15.2 Å². The number of hydrogen-bond acceptors (Lipinski definition) is 7. The summed E-state index contributed by atoms with van der Waals surface area (Å²) in [5.74, 6) is 1.05. The first-order valence-electron chi connectivity index (χ1n) is 11.8. The van der Waals surface area contributed by atoms with Crippen LogP contribution in [-0.2, 0) is 10.5 Å². The summed E-state index contributed by atoms with van der Waals surface area (Å²) in [4.78, 5) is 25.7. The molecule has 0 unspecified atom stereocenters. The number of methoxy groups -OCH3 is 1. The Hall–Kier alpha value is -2.88. The van der Waals surface area contributed by atoms with Gasteiger partial charge in [0.2, 0.25) is 0 Å². The lowest BCUT2D eigenvalue weighted by atomic mass is 10.1. The molecule has 0 aliphatic carbocycles. The van der Waals surface area contributed by atoms with Crippen molar-refractivity contribution in [3.63, 3.8) is 0 Å². The number of benzene rings is 2. The van der Waals surface area contributed by atoms with Crippen molar-refractivity contribution in [2.24, 2.45) is 0 Å². The molecule has 1 amide bonds. The lowest BCUT2D eigenvalue weighted by Crippen LogP contribution is -2.47. The summed E-state index contributed by atoms with van der Waals surface area (Å²) in [6.07, 6.45) is 0.768. The average molecular weight is 530 g/mol. The van der Waals surface area contributed by atoms with Gasteiger partial charge >= 0.3 is 0 Å². The van der Waals surface area contributed by atoms with Gasteiger partial charge in [-0.25, -0.2) is 14.4 Å². The Morgan fingerprint density at radius 2 is 1.86 bits per heavy atom. The van der Waals surface area contributed by atoms with Crippen LogP contribution in [0.4, 0.5) is 15.9 Å². The Labute approximate surface area is 220 Å². The van der Waals surface area contributed by atoms with E-state index in [9.17, 15) is 9.18 Å². The highest BCUT2D eigenvalue weighted by molar-refractivity contribution is 7.98. The van der Waals surface area contributed by atoms with Gasteiger partial charge in [0, 0.05) is 63.8 Å². The normalized spacial score (nSPS) is 13.6. The van der Waals surface area contributed by atoms with E-state index in [-0.39, 0.29) is 11.7 Å². The zero-order chi connectivity index (χ0) is 25.3. The number of hydrogen-bond donors (Lipinski definition) is 1. The minimum atomic E-state index is -0.206. The molecule has 7 nitrogen and oxygen atoms in total. The predicted molar refractivity (Wildman–Crippen MR) is 143 cm³/mol. The summed E-state index contributed by atoms with van der Waals surface area (Å²) in [5.41, 5.74) is 2.24. The van der Waals surface area contributed by atoms with Crippen LogP contribution < -0.4 is 15.1 Å². The molecule has 10 heteroatoms. The number of carbonyl (C=O) groups excluding carboxylic acids is 1. The van der Waals surface area contributed by atoms with Crippen LogP contribution in [0, 0.1) is 5.82 Å². The smallest absolute Gasteiger partial charge is 0.251 e. The molecule has 1 aliphatic rings. The summed E-state index contributed by atoms with van der Waals surface area (Å²) in [6, 6.07) is 16.1. The first kappa shape index (κ1) is 26.2. The third kappa shape index (κ3) is 7.09. The second-order valence-electron chi connectivity index (χ2n) is 8.35. The van der Waals surface area contributed by atoms with E-state index in [0.29, 0.717) is 66.6 Å². The van der Waals surface area contributed by atoms with Gasteiger partial charge in [0.15, 0.2) is 5.16 Å². The Balaban J connectivity index is 1.35. The molecule has 2 heterocycles. The number of aromatic nitrogens is 2. The molecular formula is C26H29ClFN5O2S. The van der Waals surface area contributed by atoms with Gasteiger partial charge in [0.25, 0.3) is 5.91 Å². The van der Waals surface area contributed by atoms with Gasteiger partial charge in [-0.1, -0.05) is 47.6 Å². The van der Waals surface area contributed by atoms with Crippen molar-refractivity contribution in [2.45, 2.75) is 17.3 Å². The molecule has 0 atom stereocenters. The number of anilines is 2. The minimum Gasteiger partial charge on any atom is -0.385 e. The third-order valence-corrected chi connectivity index (χ3v) is 6.94. The second-order valence-corrected chi connectivity index (χ2v) is 9.68. The van der Waals surface area contributed by atoms with Crippen molar-refractivity contribution in [3.05, 3.63) is 76.7 Å². The molecule has 2 aromatic carbocycles. The third-order valence-electron chi connectivity index (χ3n) is 5.83. The van der Waals surface area contributed by atoms with Gasteiger partial charge in [-0.3, -0.25) is 4.79 Å². The fraction of sp³-hybridized carbons (Fsp3) is 0.346. The Morgan fingerprint density at radius 1 is 1.08 bits per heavy atom. The van der Waals surface area contributed by atoms with E-state index < -0.39 is 0 Å². The summed E-state index contributed by atoms with van der Waals surface area (Å²) in [6.45, 7) is 3.95. The molecule has 3 aromatic rings. The molecule has 4 rings (SSSR count). The summed E-state index contributed by atoms with van der Waals surface area (Å²) in [7, 11) is 1.64. The zero-order valence-electron chi connectivity index (χ0n) is 20.1. The number of ether oxygens (including phenoxy) is 1. The fourth-order valence-electron chi connectivity index (χ4n) is 3.97. The number of nitrogens with one attached hydrogen (secondary N) is 1. The van der Waals surface area contributed by atoms with Crippen LogP contribution in [0.1, 0.15) is 22.3 Å². The summed E-state index contributed by atoms with van der Waals surface area (Å²) < 4.78 is 19.2. The highest BCUT2D eigenvalue weighted by atomic mass is 35.5. The van der Waals surface area contributed by atoms with Crippen molar-refractivity contribution >= 4 is 40.8 Å². The first-order chi connectivity index (χ1) is 17.5. The van der Waals surface area contributed by atoms with Gasteiger partial charge in [0.05, 0.1) is 5.69 Å². The van der Waals surface area contributed by atoms with Crippen LogP contribution in [0.15, 0.2) is 59.8 Å². The van der Waals surface area contributed by atoms with Crippen LogP contribution in [0.3, 0.4) is 0 Å². The average Bonchev–Trinajstić information content (AvgIpc) is 2.90. The van der Waals surface area contributed by atoms with Gasteiger partial charge in [-0.2, -0.15) is 0 Å². The SMILES string of the molecule is COCCCNC(=O)c1cccc(CSc2nc(Cl)cc(N3CCN(c4ccccc4F)CC3)n2)c1. The maximum absolute atomic E-state index is 14.2. The number of carbonyl (C=O) groups is 1. The van der Waals surface area contributed by atoms with Crippen molar-refractivity contribution in [2.75, 3.05) is 56.2 Å². The molecular weight excluding hydrogens is 501 g/mol. The molecule has 1 saturated heterocycles. The second kappa shape index (κ2) is 12.9. The zero-order valence-corrected chi connectivity index (χ0v) is 21.7. The van der Waals surface area contributed by atoms with E-state index in [1.165, 1.54) is 17.8 Å². The maximum atomic E-state index is 14.2. The van der Waals surface area contributed by atoms with Crippen molar-refractivity contribution < 1.29 is 13.9 Å². The molecule has 1 aromatic heterocycles. The quantitative estimate of drug-likeness (QED) is 0.177. The fourth-order valence-corrected chi connectivity index (χ4v) is 4.99. The van der Waals surface area contributed by atoms with Gasteiger partial charge in [0.1, 0.15) is 16.8 Å². The molecule has 1 fully saturated rings. The van der Waals surface area contributed by atoms with E-state index in [1.54, 1.807) is 31.4 Å². The Bertz CT molecular complexity index is 1180. The number of nitrogens with zero attached hydrogens (tertiary/aromatic N) is 4. The number of rotatable bonds is 10. The largest absolute Gasteiger partial charge is 0.385 e. The maximum Gasteiger partial charge on any atom is 0.251 e. The highest BCUT2D eigenvalue weighted by Gasteiger charge is 2.21. The Morgan fingerprint density at radius 3 is 2.64 bits per heavy atom. The van der Waals surface area contributed by atoms with Crippen LogP contribution >= 0.6 is 23.4 Å². The number of para-hydroxylation sites is 1. The molecule has 190 valence electrons. The van der Waals surface area contributed by atoms with Crippen LogP contribution in [0.2, 0.25) is 5.15 Å². The van der Waals surface area contributed by atoms with Crippen LogP contribution in [0.25, 0.3) is 0 Å². The number of halogens is 2. The summed E-state index contributed by atoms with van der Waals surface area (Å²) in [5, 5.41) is 3.86. The molecule has 0 spiro atoms. The Kier molecular flexibility index (Phi) is 9.38. The molecule has 1 N–H and O–H groups in total. The van der Waals surface area contributed by atoms with Crippen molar-refractivity contribution in [3.8, 4) is 0 Å². The lowest BCUT2D eigenvalue weighted by Gasteiger charge is -2.36. The molecule has 0 saturated carbocycles. The van der Waals surface area contributed by atoms with E-state index in [0.717, 1.165) is 17.8 Å². The standard InChI is InChI=1S/C26H29ClFN5O2S/c1-35-15-5-10-29-25(34)20-7-4-6-19(16-20)18-36-26-30-23(27)17-24(31-26)33-13-11-32(12-14-33)22-9-3-2-8-21(22)28/h2-4,6-9,16-17H,5,10-15,18H2,1H3,(H,29,34). The highest BCUT2D eigenvalue weighted by Crippen LogP contribution is 2.27. The topological polar surface area (TPSA) is 70.6 Å². The lowest BCUT2D eigenvalue weighted by molar-refractivity contribution is 0.0948. The van der Waals surface area contributed by atoms with E-state index >= 15 is 0 Å². The molecule has 0 bridgehead atoms. The summed E-state index contributed by atoms with van der Waals surface area (Å²) >= 11 is 7.79. The molecule has 36 heavy (non-hydrogen) atoms. The predicted octanol–water partition coefficient (Wildman–Crippen LogP) is 4.65. The van der Waals surface area contributed by atoms with Crippen molar-refractivity contribution in [1.82, 2.24) is 15.3 Å². The molecule has 0 radical (unpaired) electrons. The van der Waals surface area contributed by atoms with E-state index in [4.69, 9.17) is 21.3 Å². The molecule has 1 aliphatic heterocycles. The van der Waals surface area contributed by atoms with Gasteiger partial charge < -0.3 is 19.9 Å².